The third kappa shape index (κ3) is 5.97. The average molecular weight is 301 g/mol. The molecule has 0 spiro atoms. The Morgan fingerprint density at radius 1 is 1.26 bits per heavy atom. The van der Waals surface area contributed by atoms with Gasteiger partial charge in [0.25, 0.3) is 0 Å². The average Bonchev–Trinajstić information content (AvgIpc) is 2.38. The van der Waals surface area contributed by atoms with Crippen LogP contribution < -0.4 is 5.32 Å². The lowest BCUT2D eigenvalue weighted by molar-refractivity contribution is 0.504. The molecule has 1 N–H and O–H groups in total. The summed E-state index contributed by atoms with van der Waals surface area (Å²) in [6, 6.07) is 7.74. The van der Waals surface area contributed by atoms with E-state index >= 15 is 0 Å². The molecule has 1 atom stereocenters. The monoisotopic (exact) mass is 301 g/mol. The van der Waals surface area contributed by atoms with Crippen molar-refractivity contribution in [1.29, 1.82) is 0 Å². The van der Waals surface area contributed by atoms with E-state index in [0.717, 1.165) is 23.5 Å². The number of rotatable bonds is 8. The van der Waals surface area contributed by atoms with E-state index in [2.05, 4.69) is 12.2 Å². The van der Waals surface area contributed by atoms with Crippen LogP contribution in [0.25, 0.3) is 0 Å². The molecule has 0 heterocycles. The first-order valence-electron chi connectivity index (χ1n) is 6.57. The molecular weight excluding hydrogens is 278 g/mol. The second kappa shape index (κ2) is 7.92. The summed E-state index contributed by atoms with van der Waals surface area (Å²) < 4.78 is 22.7. The topological polar surface area (TPSA) is 46.2 Å². The fourth-order valence-corrected chi connectivity index (χ4v) is 3.36. The normalized spacial score (nSPS) is 13.4. The molecular formula is C14H23NO2S2. The van der Waals surface area contributed by atoms with Crippen molar-refractivity contribution in [3.8, 4) is 0 Å². The summed E-state index contributed by atoms with van der Waals surface area (Å²) in [4.78, 5) is 1.52. The summed E-state index contributed by atoms with van der Waals surface area (Å²) in [5, 5.41) is 3.30. The van der Waals surface area contributed by atoms with E-state index in [4.69, 9.17) is 0 Å². The maximum atomic E-state index is 11.3. The summed E-state index contributed by atoms with van der Waals surface area (Å²) in [7, 11) is -1.08. The number of nitrogens with one attached hydrogen (secondary N) is 1. The SMILES string of the molecule is CCC(CCCSc1ccc(S(C)(=O)=O)cc1)NC. The molecule has 1 unspecified atom stereocenters. The smallest absolute Gasteiger partial charge is 0.175 e. The Kier molecular flexibility index (Phi) is 6.89. The van der Waals surface area contributed by atoms with Crippen molar-refractivity contribution >= 4 is 21.6 Å². The molecule has 0 aliphatic rings. The van der Waals surface area contributed by atoms with E-state index in [1.165, 1.54) is 12.7 Å². The van der Waals surface area contributed by atoms with Crippen molar-refractivity contribution in [2.24, 2.45) is 0 Å². The van der Waals surface area contributed by atoms with Crippen LogP contribution in [-0.2, 0) is 9.84 Å². The molecule has 0 fully saturated rings. The third-order valence-corrected chi connectivity index (χ3v) is 5.35. The molecule has 0 amide bonds. The molecule has 1 rings (SSSR count). The number of sulfone groups is 1. The van der Waals surface area contributed by atoms with Gasteiger partial charge in [-0.15, -0.1) is 11.8 Å². The third-order valence-electron chi connectivity index (χ3n) is 3.12. The highest BCUT2D eigenvalue weighted by atomic mass is 32.2. The molecule has 1 aromatic carbocycles. The van der Waals surface area contributed by atoms with E-state index in [-0.39, 0.29) is 0 Å². The molecule has 5 heteroatoms. The van der Waals surface area contributed by atoms with E-state index in [1.807, 2.05) is 19.2 Å². The molecule has 0 aliphatic carbocycles. The Balaban J connectivity index is 2.38. The predicted molar refractivity (Wildman–Crippen MR) is 82.6 cm³/mol. The molecule has 0 saturated heterocycles. The minimum atomic E-state index is -3.08. The van der Waals surface area contributed by atoms with Gasteiger partial charge < -0.3 is 5.32 Å². The summed E-state index contributed by atoms with van der Waals surface area (Å²) in [5.41, 5.74) is 0. The second-order valence-electron chi connectivity index (χ2n) is 4.63. The number of hydrogen-bond acceptors (Lipinski definition) is 4. The first-order valence-corrected chi connectivity index (χ1v) is 9.45. The van der Waals surface area contributed by atoms with Crippen molar-refractivity contribution in [2.45, 2.75) is 42.0 Å². The zero-order chi connectivity index (χ0) is 14.3. The van der Waals surface area contributed by atoms with Crippen LogP contribution in [0.15, 0.2) is 34.1 Å². The van der Waals surface area contributed by atoms with Crippen molar-refractivity contribution in [3.05, 3.63) is 24.3 Å². The minimum Gasteiger partial charge on any atom is -0.317 e. The summed E-state index contributed by atoms with van der Waals surface area (Å²) in [6.07, 6.45) is 4.74. The molecule has 19 heavy (non-hydrogen) atoms. The lowest BCUT2D eigenvalue weighted by Gasteiger charge is -2.12. The van der Waals surface area contributed by atoms with E-state index < -0.39 is 9.84 Å². The van der Waals surface area contributed by atoms with Gasteiger partial charge in [0.15, 0.2) is 9.84 Å². The highest BCUT2D eigenvalue weighted by molar-refractivity contribution is 7.99. The summed E-state index contributed by atoms with van der Waals surface area (Å²) in [6.45, 7) is 2.19. The Bertz CT molecular complexity index is 465. The van der Waals surface area contributed by atoms with E-state index in [1.54, 1.807) is 23.9 Å². The van der Waals surface area contributed by atoms with Crippen LogP contribution in [-0.4, -0.2) is 33.5 Å². The van der Waals surface area contributed by atoms with Crippen molar-refractivity contribution < 1.29 is 8.42 Å². The van der Waals surface area contributed by atoms with Crippen molar-refractivity contribution in [1.82, 2.24) is 5.32 Å². The van der Waals surface area contributed by atoms with Gasteiger partial charge in [0.05, 0.1) is 4.90 Å². The Hall–Kier alpha value is -0.520. The fourth-order valence-electron chi connectivity index (χ4n) is 1.86. The second-order valence-corrected chi connectivity index (χ2v) is 7.81. The van der Waals surface area contributed by atoms with Crippen LogP contribution in [0, 0.1) is 0 Å². The fraction of sp³-hybridized carbons (Fsp3) is 0.571. The molecule has 3 nitrogen and oxygen atoms in total. The van der Waals surface area contributed by atoms with Crippen molar-refractivity contribution in [2.75, 3.05) is 19.1 Å². The van der Waals surface area contributed by atoms with Gasteiger partial charge in [0.1, 0.15) is 0 Å². The van der Waals surface area contributed by atoms with Crippen LogP contribution in [0.5, 0.6) is 0 Å². The molecule has 0 saturated carbocycles. The van der Waals surface area contributed by atoms with Crippen LogP contribution in [0.3, 0.4) is 0 Å². The minimum absolute atomic E-state index is 0.387. The lowest BCUT2D eigenvalue weighted by Crippen LogP contribution is -2.23. The molecule has 0 aliphatic heterocycles. The van der Waals surface area contributed by atoms with Gasteiger partial charge >= 0.3 is 0 Å². The molecule has 108 valence electrons. The van der Waals surface area contributed by atoms with Crippen LogP contribution in [0.2, 0.25) is 0 Å². The van der Waals surface area contributed by atoms with Gasteiger partial charge in [-0.3, -0.25) is 0 Å². The van der Waals surface area contributed by atoms with Crippen LogP contribution in [0.4, 0.5) is 0 Å². The Morgan fingerprint density at radius 3 is 2.37 bits per heavy atom. The van der Waals surface area contributed by atoms with Gasteiger partial charge in [0.2, 0.25) is 0 Å². The number of thioether (sulfide) groups is 1. The maximum absolute atomic E-state index is 11.3. The molecule has 1 aromatic rings. The Morgan fingerprint density at radius 2 is 1.89 bits per heavy atom. The maximum Gasteiger partial charge on any atom is 0.175 e. The molecule has 0 aromatic heterocycles. The van der Waals surface area contributed by atoms with Gasteiger partial charge in [-0.25, -0.2) is 8.42 Å². The van der Waals surface area contributed by atoms with Gasteiger partial charge in [0, 0.05) is 17.2 Å². The highest BCUT2D eigenvalue weighted by Gasteiger charge is 2.06. The first-order chi connectivity index (χ1) is 8.97. The zero-order valence-electron chi connectivity index (χ0n) is 11.8. The van der Waals surface area contributed by atoms with Gasteiger partial charge in [-0.2, -0.15) is 0 Å². The van der Waals surface area contributed by atoms with Crippen molar-refractivity contribution in [3.63, 3.8) is 0 Å². The van der Waals surface area contributed by atoms with Gasteiger partial charge in [-0.1, -0.05) is 6.92 Å². The van der Waals surface area contributed by atoms with E-state index in [9.17, 15) is 8.42 Å². The first kappa shape index (κ1) is 16.5. The molecule has 0 bridgehead atoms. The standard InChI is InChI=1S/C14H23NO2S2/c1-4-12(15-2)6-5-11-18-13-7-9-14(10-8-13)19(3,16)17/h7-10,12,15H,4-6,11H2,1-3H3. The van der Waals surface area contributed by atoms with E-state index in [0.29, 0.717) is 10.9 Å². The summed E-state index contributed by atoms with van der Waals surface area (Å²) >= 11 is 1.78. The highest BCUT2D eigenvalue weighted by Crippen LogP contribution is 2.21. The van der Waals surface area contributed by atoms with Gasteiger partial charge in [-0.05, 0) is 56.3 Å². The van der Waals surface area contributed by atoms with Crippen LogP contribution in [0.1, 0.15) is 26.2 Å². The number of hydrogen-bond donors (Lipinski definition) is 1. The number of benzene rings is 1. The Labute approximate surface area is 121 Å². The molecule has 0 radical (unpaired) electrons. The zero-order valence-corrected chi connectivity index (χ0v) is 13.5. The quantitative estimate of drug-likeness (QED) is 0.592. The predicted octanol–water partition coefficient (Wildman–Crippen LogP) is 2.96. The van der Waals surface area contributed by atoms with Crippen LogP contribution >= 0.6 is 11.8 Å². The lowest BCUT2D eigenvalue weighted by atomic mass is 10.1. The largest absolute Gasteiger partial charge is 0.317 e. The summed E-state index contributed by atoms with van der Waals surface area (Å²) in [5.74, 6) is 1.07.